The van der Waals surface area contributed by atoms with Crippen LogP contribution in [0, 0.1) is 0 Å². The summed E-state index contributed by atoms with van der Waals surface area (Å²) in [4.78, 5) is 11.6. The van der Waals surface area contributed by atoms with E-state index >= 15 is 0 Å². The lowest BCUT2D eigenvalue weighted by atomic mass is 9.99. The Labute approximate surface area is 125 Å². The van der Waals surface area contributed by atoms with Crippen molar-refractivity contribution in [1.82, 2.24) is 0 Å². The van der Waals surface area contributed by atoms with Gasteiger partial charge in [-0.1, -0.05) is 18.2 Å². The first-order chi connectivity index (χ1) is 10.0. The minimum atomic E-state index is -0.801. The van der Waals surface area contributed by atoms with Crippen LogP contribution in [0.3, 0.4) is 0 Å². The van der Waals surface area contributed by atoms with Gasteiger partial charge in [0.1, 0.15) is 11.9 Å². The molecule has 4 heteroatoms. The highest BCUT2D eigenvalue weighted by atomic mass is 16.5. The fourth-order valence-corrected chi connectivity index (χ4v) is 1.85. The summed E-state index contributed by atoms with van der Waals surface area (Å²) in [6.45, 7) is 5.57. The van der Waals surface area contributed by atoms with Crippen LogP contribution in [0.2, 0.25) is 0 Å². The molecule has 0 heterocycles. The summed E-state index contributed by atoms with van der Waals surface area (Å²) >= 11 is 0. The number of carbonyl (C=O) groups excluding carboxylic acids is 1. The van der Waals surface area contributed by atoms with Crippen LogP contribution in [0.4, 0.5) is 0 Å². The number of allylic oxidation sites excluding steroid dienone is 1. The Balaban J connectivity index is 2.93. The van der Waals surface area contributed by atoms with Gasteiger partial charge in [0.25, 0.3) is 0 Å². The van der Waals surface area contributed by atoms with Gasteiger partial charge in [0.2, 0.25) is 0 Å². The highest BCUT2D eigenvalue weighted by Gasteiger charge is 2.13. The Morgan fingerprint density at radius 1 is 1.33 bits per heavy atom. The number of aliphatic hydroxyl groups excluding tert-OH is 1. The molecule has 0 spiro atoms. The van der Waals surface area contributed by atoms with Crippen molar-refractivity contribution in [3.8, 4) is 5.75 Å². The number of aliphatic hydroxyl groups is 1. The zero-order valence-corrected chi connectivity index (χ0v) is 12.9. The summed E-state index contributed by atoms with van der Waals surface area (Å²) in [5.74, 6) is 0.352. The smallest absolute Gasteiger partial charge is 0.333 e. The van der Waals surface area contributed by atoms with Gasteiger partial charge in [0.05, 0.1) is 13.7 Å². The Hall–Kier alpha value is -2.07. The quantitative estimate of drug-likeness (QED) is 0.496. The number of carbonyl (C=O) groups is 1. The summed E-state index contributed by atoms with van der Waals surface area (Å²) in [7, 11) is 1.59. The molecular weight excluding hydrogens is 268 g/mol. The maximum Gasteiger partial charge on any atom is 0.333 e. The van der Waals surface area contributed by atoms with Crippen LogP contribution in [0.1, 0.15) is 32.4 Å². The molecular formula is C17H22O4. The maximum atomic E-state index is 11.6. The van der Waals surface area contributed by atoms with E-state index in [0.29, 0.717) is 17.8 Å². The normalized spacial score (nSPS) is 13.8. The fourth-order valence-electron chi connectivity index (χ4n) is 1.85. The van der Waals surface area contributed by atoms with Gasteiger partial charge in [-0.25, -0.2) is 4.79 Å². The molecule has 0 saturated carbocycles. The first kappa shape index (κ1) is 17.0. The molecule has 1 aromatic rings. The standard InChI is InChI=1S/C17H22O4/c1-5-13(11-12(3)17(19)21-6-2)16(18)14-7-9-15(20-4)10-8-14/h5,7-11,16,18H,6H2,1-4H3/b12-11+,13-5-. The Morgan fingerprint density at radius 2 is 1.95 bits per heavy atom. The van der Waals surface area contributed by atoms with E-state index in [0.717, 1.165) is 11.3 Å². The van der Waals surface area contributed by atoms with Crippen molar-refractivity contribution < 1.29 is 19.4 Å². The van der Waals surface area contributed by atoms with E-state index in [1.807, 2.05) is 6.92 Å². The number of esters is 1. The van der Waals surface area contributed by atoms with Gasteiger partial charge in [-0.2, -0.15) is 0 Å². The second-order valence-corrected chi connectivity index (χ2v) is 4.51. The molecule has 1 atom stereocenters. The molecule has 4 nitrogen and oxygen atoms in total. The van der Waals surface area contributed by atoms with Gasteiger partial charge in [-0.3, -0.25) is 0 Å². The number of ether oxygens (including phenoxy) is 2. The number of benzene rings is 1. The monoisotopic (exact) mass is 290 g/mol. The van der Waals surface area contributed by atoms with E-state index < -0.39 is 6.10 Å². The molecule has 0 aliphatic heterocycles. The summed E-state index contributed by atoms with van der Waals surface area (Å²) < 4.78 is 10.0. The molecule has 1 unspecified atom stereocenters. The first-order valence-corrected chi connectivity index (χ1v) is 6.87. The topological polar surface area (TPSA) is 55.8 Å². The van der Waals surface area contributed by atoms with Crippen LogP contribution in [-0.4, -0.2) is 24.8 Å². The molecule has 114 valence electrons. The summed E-state index contributed by atoms with van der Waals surface area (Å²) in [6.07, 6.45) is 2.62. The average molecular weight is 290 g/mol. The molecule has 0 radical (unpaired) electrons. The summed E-state index contributed by atoms with van der Waals surface area (Å²) in [5.41, 5.74) is 1.83. The lowest BCUT2D eigenvalue weighted by Crippen LogP contribution is -2.07. The van der Waals surface area contributed by atoms with Crippen molar-refractivity contribution in [2.24, 2.45) is 0 Å². The van der Waals surface area contributed by atoms with Crippen molar-refractivity contribution in [3.63, 3.8) is 0 Å². The first-order valence-electron chi connectivity index (χ1n) is 6.87. The van der Waals surface area contributed by atoms with E-state index in [1.165, 1.54) is 0 Å². The second kappa shape index (κ2) is 8.27. The highest BCUT2D eigenvalue weighted by Crippen LogP contribution is 2.25. The number of hydrogen-bond acceptors (Lipinski definition) is 4. The molecule has 0 saturated heterocycles. The van der Waals surface area contributed by atoms with E-state index in [-0.39, 0.29) is 5.97 Å². The molecule has 0 aliphatic rings. The van der Waals surface area contributed by atoms with Crippen LogP contribution >= 0.6 is 0 Å². The third kappa shape index (κ3) is 4.76. The van der Waals surface area contributed by atoms with E-state index in [9.17, 15) is 9.90 Å². The van der Waals surface area contributed by atoms with E-state index in [1.54, 1.807) is 57.4 Å². The number of hydrogen-bond donors (Lipinski definition) is 1. The predicted molar refractivity (Wildman–Crippen MR) is 82.1 cm³/mol. The van der Waals surface area contributed by atoms with Crippen LogP contribution < -0.4 is 4.74 Å². The molecule has 0 aromatic heterocycles. The third-order valence-corrected chi connectivity index (χ3v) is 3.06. The minimum Gasteiger partial charge on any atom is -0.497 e. The van der Waals surface area contributed by atoms with Gasteiger partial charge in [-0.05, 0) is 50.1 Å². The minimum absolute atomic E-state index is 0.330. The summed E-state index contributed by atoms with van der Waals surface area (Å²) in [6, 6.07) is 7.16. The fraction of sp³-hybridized carbons (Fsp3) is 0.353. The van der Waals surface area contributed by atoms with Gasteiger partial charge >= 0.3 is 5.97 Å². The largest absolute Gasteiger partial charge is 0.497 e. The maximum absolute atomic E-state index is 11.6. The van der Waals surface area contributed by atoms with Gasteiger partial charge < -0.3 is 14.6 Å². The van der Waals surface area contributed by atoms with Gasteiger partial charge in [0, 0.05) is 5.57 Å². The van der Waals surface area contributed by atoms with Gasteiger partial charge in [-0.15, -0.1) is 0 Å². The van der Waals surface area contributed by atoms with Crippen molar-refractivity contribution in [3.05, 3.63) is 53.1 Å². The molecule has 1 aromatic carbocycles. The Bertz CT molecular complexity index is 526. The second-order valence-electron chi connectivity index (χ2n) is 4.51. The average Bonchev–Trinajstić information content (AvgIpc) is 2.52. The van der Waals surface area contributed by atoms with Crippen molar-refractivity contribution >= 4 is 5.97 Å². The lowest BCUT2D eigenvalue weighted by molar-refractivity contribution is -0.138. The van der Waals surface area contributed by atoms with Crippen LogP contribution in [0.15, 0.2) is 47.6 Å². The van der Waals surface area contributed by atoms with E-state index in [4.69, 9.17) is 9.47 Å². The molecule has 0 bridgehead atoms. The predicted octanol–water partition coefficient (Wildman–Crippen LogP) is 3.18. The van der Waals surface area contributed by atoms with Crippen molar-refractivity contribution in [2.75, 3.05) is 13.7 Å². The zero-order chi connectivity index (χ0) is 15.8. The zero-order valence-electron chi connectivity index (χ0n) is 12.9. The number of methoxy groups -OCH3 is 1. The van der Waals surface area contributed by atoms with Crippen LogP contribution in [0.5, 0.6) is 5.75 Å². The van der Waals surface area contributed by atoms with Crippen LogP contribution in [-0.2, 0) is 9.53 Å². The SMILES string of the molecule is C/C=C(/C=C(\C)C(=O)OCC)C(O)c1ccc(OC)cc1. The molecule has 1 N–H and O–H groups in total. The van der Waals surface area contributed by atoms with Crippen molar-refractivity contribution in [2.45, 2.75) is 26.9 Å². The van der Waals surface area contributed by atoms with Crippen LogP contribution in [0.25, 0.3) is 0 Å². The Kier molecular flexibility index (Phi) is 6.69. The van der Waals surface area contributed by atoms with Gasteiger partial charge in [0.15, 0.2) is 0 Å². The Morgan fingerprint density at radius 3 is 2.43 bits per heavy atom. The molecule has 0 aliphatic carbocycles. The molecule has 21 heavy (non-hydrogen) atoms. The third-order valence-electron chi connectivity index (χ3n) is 3.06. The highest BCUT2D eigenvalue weighted by molar-refractivity contribution is 5.88. The summed E-state index contributed by atoms with van der Waals surface area (Å²) in [5, 5.41) is 10.4. The molecule has 1 rings (SSSR count). The van der Waals surface area contributed by atoms with E-state index in [2.05, 4.69) is 0 Å². The number of rotatable bonds is 6. The lowest BCUT2D eigenvalue weighted by Gasteiger charge is -2.14. The van der Waals surface area contributed by atoms with Crippen molar-refractivity contribution in [1.29, 1.82) is 0 Å². The molecule has 0 fully saturated rings. The molecule has 0 amide bonds.